The van der Waals surface area contributed by atoms with Crippen LogP contribution in [0.5, 0.6) is 0 Å². The molecule has 0 aliphatic rings. The molecule has 16 aromatic carbocycles. The maximum absolute atomic E-state index is 2.46. The minimum absolute atomic E-state index is 1.19. The van der Waals surface area contributed by atoms with Gasteiger partial charge in [-0.15, -0.1) is 0 Å². The summed E-state index contributed by atoms with van der Waals surface area (Å²) in [5, 5.41) is 17.6. The van der Waals surface area contributed by atoms with Crippen molar-refractivity contribution in [2.45, 2.75) is 0 Å². The zero-order chi connectivity index (χ0) is 52.7. The highest BCUT2D eigenvalue weighted by molar-refractivity contribution is 6.32. The Balaban J connectivity index is 0.908. The third-order valence-corrected chi connectivity index (χ3v) is 17.0. The first-order valence-electron chi connectivity index (χ1n) is 27.8. The van der Waals surface area contributed by atoms with E-state index < -0.39 is 0 Å². The summed E-state index contributed by atoms with van der Waals surface area (Å²) in [7, 11) is 0. The highest BCUT2D eigenvalue weighted by Gasteiger charge is 2.22. The molecule has 0 amide bonds. The van der Waals surface area contributed by atoms with E-state index in [0.29, 0.717) is 0 Å². The molecular formula is C80H50. The van der Waals surface area contributed by atoms with Gasteiger partial charge < -0.3 is 0 Å². The SMILES string of the molecule is c1ccc2cc(-c3ccc(-c4cc(-c5ccc(-c6ccc7ccccc7c6)cc5)c5ccc6c(-c7ccc(-c8cccc9ccccc89)cc7)cc(-c7ccc(-c8ccc9ccccc9c8)cc7)c7ccc4c5c76)cc3)ccc2c1. The predicted molar refractivity (Wildman–Crippen MR) is 344 cm³/mol. The van der Waals surface area contributed by atoms with Crippen LogP contribution < -0.4 is 0 Å². The van der Waals surface area contributed by atoms with Gasteiger partial charge in [-0.05, 0) is 195 Å². The van der Waals surface area contributed by atoms with Gasteiger partial charge in [0, 0.05) is 0 Å². The molecule has 0 aromatic heterocycles. The fraction of sp³-hybridized carbons (Fsp3) is 0. The Morgan fingerprint density at radius 1 is 0.125 bits per heavy atom. The summed E-state index contributed by atoms with van der Waals surface area (Å²) in [5.74, 6) is 0. The lowest BCUT2D eigenvalue weighted by Gasteiger charge is -2.22. The molecule has 16 rings (SSSR count). The summed E-state index contributed by atoms with van der Waals surface area (Å²) in [4.78, 5) is 0. The van der Waals surface area contributed by atoms with E-state index in [1.807, 2.05) is 0 Å². The number of rotatable bonds is 8. The van der Waals surface area contributed by atoms with Gasteiger partial charge in [-0.3, -0.25) is 0 Å². The van der Waals surface area contributed by atoms with Gasteiger partial charge in [0.2, 0.25) is 0 Å². The van der Waals surface area contributed by atoms with Crippen LogP contribution in [0.15, 0.2) is 303 Å². The van der Waals surface area contributed by atoms with Crippen molar-refractivity contribution in [3.8, 4) is 89.0 Å². The van der Waals surface area contributed by atoms with E-state index in [1.54, 1.807) is 0 Å². The number of hydrogen-bond acceptors (Lipinski definition) is 0. The molecule has 0 heterocycles. The highest BCUT2D eigenvalue weighted by Crippen LogP contribution is 2.49. The molecule has 0 spiro atoms. The molecule has 0 saturated heterocycles. The lowest BCUT2D eigenvalue weighted by molar-refractivity contribution is 1.60. The lowest BCUT2D eigenvalue weighted by atomic mass is 9.81. The van der Waals surface area contributed by atoms with Crippen LogP contribution in [0, 0.1) is 0 Å². The number of hydrogen-bond donors (Lipinski definition) is 0. The molecule has 80 heavy (non-hydrogen) atoms. The predicted octanol–water partition coefficient (Wildman–Crippen LogP) is 22.5. The van der Waals surface area contributed by atoms with Crippen LogP contribution in [-0.2, 0) is 0 Å². The molecule has 0 nitrogen and oxygen atoms in total. The van der Waals surface area contributed by atoms with Crippen molar-refractivity contribution in [1.82, 2.24) is 0 Å². The highest BCUT2D eigenvalue weighted by atomic mass is 14.2. The van der Waals surface area contributed by atoms with Gasteiger partial charge in [-0.1, -0.05) is 273 Å². The zero-order valence-corrected chi connectivity index (χ0v) is 43.9. The van der Waals surface area contributed by atoms with Crippen molar-refractivity contribution in [1.29, 1.82) is 0 Å². The van der Waals surface area contributed by atoms with Crippen LogP contribution in [0.4, 0.5) is 0 Å². The van der Waals surface area contributed by atoms with Crippen LogP contribution in [-0.4, -0.2) is 0 Å². The molecule has 0 atom stereocenters. The smallest absolute Gasteiger partial charge is 0.00139 e. The first-order chi connectivity index (χ1) is 39.6. The Kier molecular flexibility index (Phi) is 10.7. The summed E-state index contributed by atoms with van der Waals surface area (Å²) in [6, 6.07) is 113. The molecular weight excluding hydrogens is 961 g/mol. The van der Waals surface area contributed by atoms with Crippen molar-refractivity contribution in [3.63, 3.8) is 0 Å². The standard InChI is InChI=1S/C80H50/c1-4-14-63-46-66(39-26-51(63)10-1)54-20-29-59(30-21-54)75-49-76(60-31-22-55(23-32-60)67-40-27-52-11-2-5-15-64(52)47-67)72-44-45-74-78(62-37-35-58(36-38-62)70-19-9-17-57-13-7-8-18-69(57)70)50-77(73-43-42-71(75)79(72)80(73)74)61-33-24-56(25-34-61)68-41-28-53-12-3-6-16-65(53)48-68/h1-50H. The first-order valence-corrected chi connectivity index (χ1v) is 27.8. The van der Waals surface area contributed by atoms with Gasteiger partial charge in [0.25, 0.3) is 0 Å². The van der Waals surface area contributed by atoms with E-state index in [1.165, 1.54) is 164 Å². The average Bonchev–Trinajstić information content (AvgIpc) is 3.38. The van der Waals surface area contributed by atoms with Gasteiger partial charge in [0.05, 0.1) is 0 Å². The first kappa shape index (κ1) is 45.8. The average molecular weight is 1010 g/mol. The minimum Gasteiger partial charge on any atom is -0.0616 e. The maximum Gasteiger partial charge on any atom is -0.00139 e. The van der Waals surface area contributed by atoms with Crippen LogP contribution in [0.2, 0.25) is 0 Å². The number of benzene rings is 16. The summed E-state index contributed by atoms with van der Waals surface area (Å²) < 4.78 is 0. The summed E-state index contributed by atoms with van der Waals surface area (Å²) in [6.07, 6.45) is 0. The second-order valence-electron chi connectivity index (χ2n) is 21.5. The second kappa shape index (κ2) is 18.7. The van der Waals surface area contributed by atoms with Crippen molar-refractivity contribution >= 4 is 75.4 Å². The van der Waals surface area contributed by atoms with E-state index >= 15 is 0 Å². The molecule has 0 aliphatic carbocycles. The van der Waals surface area contributed by atoms with Crippen LogP contribution in [0.3, 0.4) is 0 Å². The number of fused-ring (bicyclic) bond motifs is 4. The molecule has 0 N–H and O–H groups in total. The molecule has 16 aromatic rings. The van der Waals surface area contributed by atoms with Gasteiger partial charge >= 0.3 is 0 Å². The van der Waals surface area contributed by atoms with E-state index in [9.17, 15) is 0 Å². The van der Waals surface area contributed by atoms with Crippen LogP contribution in [0.25, 0.3) is 164 Å². The maximum atomic E-state index is 2.46. The Bertz CT molecular complexity index is 4910. The fourth-order valence-corrected chi connectivity index (χ4v) is 12.9. The van der Waals surface area contributed by atoms with E-state index in [2.05, 4.69) is 303 Å². The monoisotopic (exact) mass is 1010 g/mol. The third kappa shape index (κ3) is 7.76. The minimum atomic E-state index is 1.19. The topological polar surface area (TPSA) is 0 Å². The Hall–Kier alpha value is -10.4. The van der Waals surface area contributed by atoms with Crippen molar-refractivity contribution in [3.05, 3.63) is 303 Å². The largest absolute Gasteiger partial charge is 0.0616 e. The van der Waals surface area contributed by atoms with Crippen molar-refractivity contribution < 1.29 is 0 Å². The Labute approximate surface area is 465 Å². The second-order valence-corrected chi connectivity index (χ2v) is 21.5. The Morgan fingerprint density at radius 3 is 0.738 bits per heavy atom. The van der Waals surface area contributed by atoms with Crippen LogP contribution >= 0.6 is 0 Å². The van der Waals surface area contributed by atoms with Crippen molar-refractivity contribution in [2.75, 3.05) is 0 Å². The molecule has 0 heteroatoms. The lowest BCUT2D eigenvalue weighted by Crippen LogP contribution is -1.94. The molecule has 0 aliphatic heterocycles. The van der Waals surface area contributed by atoms with E-state index in [-0.39, 0.29) is 0 Å². The summed E-state index contributed by atoms with van der Waals surface area (Å²) >= 11 is 0. The zero-order valence-electron chi connectivity index (χ0n) is 43.9. The van der Waals surface area contributed by atoms with Crippen molar-refractivity contribution in [2.24, 2.45) is 0 Å². The molecule has 0 radical (unpaired) electrons. The van der Waals surface area contributed by atoms with Crippen LogP contribution in [0.1, 0.15) is 0 Å². The fourth-order valence-electron chi connectivity index (χ4n) is 12.9. The van der Waals surface area contributed by atoms with Gasteiger partial charge in [0.15, 0.2) is 0 Å². The van der Waals surface area contributed by atoms with E-state index in [0.717, 1.165) is 0 Å². The Morgan fingerprint density at radius 2 is 0.388 bits per heavy atom. The van der Waals surface area contributed by atoms with Gasteiger partial charge in [-0.2, -0.15) is 0 Å². The summed E-state index contributed by atoms with van der Waals surface area (Å²) in [6.45, 7) is 0. The molecule has 0 saturated carbocycles. The van der Waals surface area contributed by atoms with Gasteiger partial charge in [-0.25, -0.2) is 0 Å². The molecule has 370 valence electrons. The molecule has 0 bridgehead atoms. The molecule has 0 fully saturated rings. The quantitative estimate of drug-likeness (QED) is 0.133. The summed E-state index contributed by atoms with van der Waals surface area (Å²) in [5.41, 5.74) is 19.3. The third-order valence-electron chi connectivity index (χ3n) is 17.0. The van der Waals surface area contributed by atoms with Gasteiger partial charge in [0.1, 0.15) is 0 Å². The molecule has 0 unspecified atom stereocenters. The normalized spacial score (nSPS) is 11.8. The van der Waals surface area contributed by atoms with E-state index in [4.69, 9.17) is 0 Å².